The first-order valence-corrected chi connectivity index (χ1v) is 6.54. The fraction of sp³-hybridized carbons (Fsp3) is 0.357. The number of hydrogen-bond donors (Lipinski definition) is 0. The average molecular weight is 232 g/mol. The van der Waals surface area contributed by atoms with Crippen molar-refractivity contribution in [2.45, 2.75) is 31.4 Å². The lowest BCUT2D eigenvalue weighted by Crippen LogP contribution is -2.12. The van der Waals surface area contributed by atoms with Crippen LogP contribution in [0, 0.1) is 0 Å². The third kappa shape index (κ3) is 3.24. The molecule has 0 spiro atoms. The molecule has 1 heterocycles. The van der Waals surface area contributed by atoms with Crippen molar-refractivity contribution in [3.05, 3.63) is 47.5 Å². The lowest BCUT2D eigenvalue weighted by Gasteiger charge is -2.19. The van der Waals surface area contributed by atoms with E-state index in [1.165, 1.54) is 22.9 Å². The van der Waals surface area contributed by atoms with Crippen LogP contribution in [-0.4, -0.2) is 10.4 Å². The number of rotatable bonds is 3. The maximum Gasteiger partial charge on any atom is 0.212 e. The van der Waals surface area contributed by atoms with Crippen LogP contribution in [0.1, 0.15) is 25.3 Å². The summed E-state index contributed by atoms with van der Waals surface area (Å²) >= 11 is 1.49. The molecule has 0 N–H and O–H groups in total. The Kier molecular flexibility index (Phi) is 3.83. The molecule has 0 aliphatic carbocycles. The second-order valence-electron chi connectivity index (χ2n) is 4.28. The lowest BCUT2D eigenvalue weighted by molar-refractivity contribution is -0.107. The Labute approximate surface area is 101 Å². The van der Waals surface area contributed by atoms with E-state index in [0.29, 0.717) is 5.25 Å². The van der Waals surface area contributed by atoms with Crippen LogP contribution in [0.25, 0.3) is 0 Å². The summed E-state index contributed by atoms with van der Waals surface area (Å²) in [6.45, 7) is 2.05. The summed E-state index contributed by atoms with van der Waals surface area (Å²) in [6, 6.07) is 10.5. The topological polar surface area (TPSA) is 17.1 Å². The van der Waals surface area contributed by atoms with Gasteiger partial charge in [0.25, 0.3) is 0 Å². The average Bonchev–Trinajstić information content (AvgIpc) is 2.27. The Balaban J connectivity index is 1.88. The summed E-state index contributed by atoms with van der Waals surface area (Å²) in [7, 11) is 0. The van der Waals surface area contributed by atoms with E-state index in [2.05, 4.69) is 24.3 Å². The molecule has 0 radical (unpaired) electrons. The molecule has 84 valence electrons. The van der Waals surface area contributed by atoms with Crippen LogP contribution in [0.5, 0.6) is 0 Å². The molecule has 1 aromatic rings. The number of thioether (sulfide) groups is 1. The van der Waals surface area contributed by atoms with E-state index < -0.39 is 0 Å². The highest BCUT2D eigenvalue weighted by Crippen LogP contribution is 2.29. The van der Waals surface area contributed by atoms with Gasteiger partial charge in [0.05, 0.1) is 0 Å². The van der Waals surface area contributed by atoms with Crippen molar-refractivity contribution >= 4 is 16.9 Å². The second kappa shape index (κ2) is 5.35. The van der Waals surface area contributed by atoms with Crippen molar-refractivity contribution in [2.75, 3.05) is 0 Å². The molecule has 1 atom stereocenters. The fourth-order valence-electron chi connectivity index (χ4n) is 1.99. The minimum atomic E-state index is 0.224. The predicted octanol–water partition coefficient (Wildman–Crippen LogP) is 3.60. The van der Waals surface area contributed by atoms with Gasteiger partial charge in [-0.05, 0) is 37.8 Å². The molecule has 2 heteroatoms. The highest BCUT2D eigenvalue weighted by atomic mass is 32.2. The maximum atomic E-state index is 11.4. The lowest BCUT2D eigenvalue weighted by atomic mass is 10.0. The molecule has 0 saturated carbocycles. The Morgan fingerprint density at radius 2 is 2.06 bits per heavy atom. The third-order valence-corrected chi connectivity index (χ3v) is 3.88. The normalized spacial score (nSPS) is 20.7. The number of carbonyl (C=O) groups excluding carboxylic acids is 1. The zero-order valence-corrected chi connectivity index (χ0v) is 10.3. The molecular formula is C14H16OS. The largest absolute Gasteiger partial charge is 0.282 e. The van der Waals surface area contributed by atoms with Crippen LogP contribution >= 0.6 is 11.8 Å². The Bertz CT molecular complexity index is 394. The molecular weight excluding hydrogens is 216 g/mol. The smallest absolute Gasteiger partial charge is 0.212 e. The standard InChI is InChI=1S/C14H16OS/c1-11-9-13(16-14(15)10-11)8-7-12-5-3-2-4-6-12/h2-6,10,13H,7-9H2,1H3. The summed E-state index contributed by atoms with van der Waals surface area (Å²) in [4.78, 5) is 11.4. The van der Waals surface area contributed by atoms with E-state index >= 15 is 0 Å². The van der Waals surface area contributed by atoms with Crippen LogP contribution in [0.4, 0.5) is 0 Å². The zero-order chi connectivity index (χ0) is 11.4. The van der Waals surface area contributed by atoms with Gasteiger partial charge in [-0.15, -0.1) is 0 Å². The molecule has 0 amide bonds. The molecule has 1 aliphatic rings. The molecule has 1 aliphatic heterocycles. The molecule has 1 unspecified atom stereocenters. The van der Waals surface area contributed by atoms with Crippen LogP contribution in [0.15, 0.2) is 42.0 Å². The van der Waals surface area contributed by atoms with Gasteiger partial charge in [0.2, 0.25) is 5.12 Å². The molecule has 1 aromatic carbocycles. The highest BCUT2D eigenvalue weighted by Gasteiger charge is 2.18. The van der Waals surface area contributed by atoms with Crippen molar-refractivity contribution in [3.8, 4) is 0 Å². The van der Waals surface area contributed by atoms with Crippen LogP contribution < -0.4 is 0 Å². The van der Waals surface area contributed by atoms with Crippen LogP contribution in [0.3, 0.4) is 0 Å². The number of benzene rings is 1. The van der Waals surface area contributed by atoms with E-state index in [1.54, 1.807) is 6.08 Å². The first-order valence-electron chi connectivity index (χ1n) is 5.66. The molecule has 2 rings (SSSR count). The Morgan fingerprint density at radius 3 is 2.75 bits per heavy atom. The summed E-state index contributed by atoms with van der Waals surface area (Å²) in [5, 5.41) is 0.694. The van der Waals surface area contributed by atoms with Gasteiger partial charge >= 0.3 is 0 Å². The van der Waals surface area contributed by atoms with E-state index in [1.807, 2.05) is 13.0 Å². The van der Waals surface area contributed by atoms with Crippen LogP contribution in [0.2, 0.25) is 0 Å². The van der Waals surface area contributed by atoms with Gasteiger partial charge < -0.3 is 0 Å². The molecule has 16 heavy (non-hydrogen) atoms. The number of carbonyl (C=O) groups is 1. The fourth-order valence-corrected chi connectivity index (χ4v) is 3.17. The monoisotopic (exact) mass is 232 g/mol. The minimum Gasteiger partial charge on any atom is -0.282 e. The summed E-state index contributed by atoms with van der Waals surface area (Å²) in [5.41, 5.74) is 2.59. The van der Waals surface area contributed by atoms with Crippen molar-refractivity contribution < 1.29 is 4.79 Å². The van der Waals surface area contributed by atoms with Crippen molar-refractivity contribution in [3.63, 3.8) is 0 Å². The van der Waals surface area contributed by atoms with E-state index in [0.717, 1.165) is 19.3 Å². The van der Waals surface area contributed by atoms with Crippen molar-refractivity contribution in [1.82, 2.24) is 0 Å². The summed E-state index contributed by atoms with van der Waals surface area (Å²) < 4.78 is 0. The predicted molar refractivity (Wildman–Crippen MR) is 69.5 cm³/mol. The van der Waals surface area contributed by atoms with Gasteiger partial charge in [-0.1, -0.05) is 47.7 Å². The van der Waals surface area contributed by atoms with Gasteiger partial charge in [-0.2, -0.15) is 0 Å². The Morgan fingerprint density at radius 1 is 1.31 bits per heavy atom. The Hall–Kier alpha value is -1.02. The summed E-state index contributed by atoms with van der Waals surface area (Å²) in [5.74, 6) is 0. The van der Waals surface area contributed by atoms with Gasteiger partial charge in [-0.3, -0.25) is 4.79 Å². The second-order valence-corrected chi connectivity index (χ2v) is 5.58. The SMILES string of the molecule is CC1=CC(=O)SC(CCc2ccccc2)C1. The molecule has 0 saturated heterocycles. The first kappa shape index (κ1) is 11.5. The van der Waals surface area contributed by atoms with Gasteiger partial charge in [-0.25, -0.2) is 0 Å². The van der Waals surface area contributed by atoms with E-state index in [-0.39, 0.29) is 5.12 Å². The van der Waals surface area contributed by atoms with Gasteiger partial charge in [0, 0.05) is 5.25 Å². The number of aryl methyl sites for hydroxylation is 1. The van der Waals surface area contributed by atoms with E-state index in [4.69, 9.17) is 0 Å². The quantitative estimate of drug-likeness (QED) is 0.792. The minimum absolute atomic E-state index is 0.224. The summed E-state index contributed by atoms with van der Waals surface area (Å²) in [6.07, 6.45) is 4.98. The number of allylic oxidation sites excluding steroid dienone is 1. The third-order valence-electron chi connectivity index (χ3n) is 2.79. The van der Waals surface area contributed by atoms with Crippen molar-refractivity contribution in [1.29, 1.82) is 0 Å². The number of hydrogen-bond acceptors (Lipinski definition) is 2. The van der Waals surface area contributed by atoms with Gasteiger partial charge in [0.1, 0.15) is 0 Å². The van der Waals surface area contributed by atoms with Gasteiger partial charge in [0.15, 0.2) is 0 Å². The maximum absolute atomic E-state index is 11.4. The molecule has 1 nitrogen and oxygen atoms in total. The highest BCUT2D eigenvalue weighted by molar-refractivity contribution is 8.14. The zero-order valence-electron chi connectivity index (χ0n) is 9.48. The van der Waals surface area contributed by atoms with Crippen LogP contribution in [-0.2, 0) is 11.2 Å². The van der Waals surface area contributed by atoms with Crippen molar-refractivity contribution in [2.24, 2.45) is 0 Å². The molecule has 0 fully saturated rings. The molecule has 0 bridgehead atoms. The van der Waals surface area contributed by atoms with E-state index in [9.17, 15) is 4.79 Å². The first-order chi connectivity index (χ1) is 7.74. The molecule has 0 aromatic heterocycles.